The van der Waals surface area contributed by atoms with Crippen LogP contribution in [-0.4, -0.2) is 26.3 Å². The Bertz CT molecular complexity index is 665. The first kappa shape index (κ1) is 13.8. The third kappa shape index (κ3) is 3.11. The maximum Gasteiger partial charge on any atom is 0.182 e. The summed E-state index contributed by atoms with van der Waals surface area (Å²) in [5.41, 5.74) is 1.12. The van der Waals surface area contributed by atoms with Crippen molar-refractivity contribution in [2.45, 2.75) is 0 Å². The molecule has 0 N–H and O–H groups in total. The third-order valence-electron chi connectivity index (χ3n) is 3.19. The summed E-state index contributed by atoms with van der Waals surface area (Å²) in [6.07, 6.45) is 0. The number of morpholine rings is 1. The Morgan fingerprint density at radius 3 is 2.70 bits per heavy atom. The number of hydrogen-bond acceptors (Lipinski definition) is 4. The number of anilines is 1. The van der Waals surface area contributed by atoms with E-state index in [1.807, 2.05) is 24.3 Å². The van der Waals surface area contributed by atoms with Gasteiger partial charge in [-0.15, -0.1) is 11.3 Å². The lowest BCUT2D eigenvalue weighted by atomic mass is 10.2. The molecule has 0 aliphatic carbocycles. The number of hydrogen-bond donors (Lipinski definition) is 0. The Morgan fingerprint density at radius 1 is 1.15 bits per heavy atom. The monoisotopic (exact) mass is 351 g/mol. The first-order valence-corrected chi connectivity index (χ1v) is 8.07. The normalized spacial score (nSPS) is 15.3. The van der Waals surface area contributed by atoms with Crippen molar-refractivity contribution in [1.29, 1.82) is 0 Å². The van der Waals surface area contributed by atoms with Gasteiger partial charge in [0.05, 0.1) is 18.2 Å². The van der Waals surface area contributed by atoms with Crippen LogP contribution in [0.25, 0.3) is 10.4 Å². The lowest BCUT2D eigenvalue weighted by molar-refractivity contribution is 0.123. The second-order valence-corrected chi connectivity index (χ2v) is 6.58. The molecule has 3 rings (SSSR count). The third-order valence-corrected chi connectivity index (χ3v) is 4.84. The lowest BCUT2D eigenvalue weighted by Crippen LogP contribution is -2.36. The van der Waals surface area contributed by atoms with Crippen LogP contribution < -0.4 is 10.3 Å². The summed E-state index contributed by atoms with van der Waals surface area (Å²) in [5.74, 6) is 0. The highest BCUT2D eigenvalue weighted by Gasteiger charge is 2.13. The van der Waals surface area contributed by atoms with Crippen LogP contribution in [0.2, 0.25) is 0 Å². The molecular weight excluding hydrogens is 338 g/mol. The molecule has 1 aliphatic heterocycles. The molecule has 2 heterocycles. The topological polar surface area (TPSA) is 29.5 Å². The van der Waals surface area contributed by atoms with Gasteiger partial charge in [0.1, 0.15) is 0 Å². The fraction of sp³-hybridized carbons (Fsp3) is 0.267. The van der Waals surface area contributed by atoms with Gasteiger partial charge in [0.25, 0.3) is 0 Å². The van der Waals surface area contributed by atoms with Gasteiger partial charge in [-0.25, -0.2) is 0 Å². The van der Waals surface area contributed by atoms with E-state index in [9.17, 15) is 4.79 Å². The maximum absolute atomic E-state index is 11.9. The van der Waals surface area contributed by atoms with Gasteiger partial charge in [-0.1, -0.05) is 28.1 Å². The molecule has 0 unspecified atom stereocenters. The fourth-order valence-electron chi connectivity index (χ4n) is 2.19. The zero-order valence-corrected chi connectivity index (χ0v) is 13.2. The van der Waals surface area contributed by atoms with E-state index < -0.39 is 0 Å². The van der Waals surface area contributed by atoms with Gasteiger partial charge in [-0.05, 0) is 17.7 Å². The molecule has 2 aromatic rings. The van der Waals surface area contributed by atoms with E-state index >= 15 is 0 Å². The molecule has 1 aliphatic rings. The molecule has 1 fully saturated rings. The van der Waals surface area contributed by atoms with E-state index in [0.29, 0.717) is 0 Å². The van der Waals surface area contributed by atoms with Gasteiger partial charge < -0.3 is 9.64 Å². The van der Waals surface area contributed by atoms with Crippen molar-refractivity contribution in [3.05, 3.63) is 51.1 Å². The van der Waals surface area contributed by atoms with Crippen LogP contribution in [0, 0.1) is 0 Å². The minimum absolute atomic E-state index is 0.0558. The van der Waals surface area contributed by atoms with Crippen molar-refractivity contribution in [1.82, 2.24) is 0 Å². The molecule has 0 bridgehead atoms. The van der Waals surface area contributed by atoms with Crippen LogP contribution >= 0.6 is 27.3 Å². The minimum atomic E-state index is 0.0558. The van der Waals surface area contributed by atoms with Crippen molar-refractivity contribution >= 4 is 32.3 Å². The van der Waals surface area contributed by atoms with Crippen molar-refractivity contribution in [2.75, 3.05) is 31.2 Å². The second kappa shape index (κ2) is 6.08. The number of halogens is 1. The Hall–Kier alpha value is -1.17. The number of rotatable bonds is 2. The predicted octanol–water partition coefficient (Wildman–Crippen LogP) is 3.37. The zero-order chi connectivity index (χ0) is 13.9. The predicted molar refractivity (Wildman–Crippen MR) is 86.8 cm³/mol. The molecule has 0 saturated carbocycles. The highest BCUT2D eigenvalue weighted by atomic mass is 79.9. The fourth-order valence-corrected chi connectivity index (χ4v) is 3.72. The highest BCUT2D eigenvalue weighted by Crippen LogP contribution is 2.31. The second-order valence-electron chi connectivity index (χ2n) is 4.61. The molecule has 5 heteroatoms. The average Bonchev–Trinajstić information content (AvgIpc) is 2.47. The SMILES string of the molecule is O=c1cc(-c2cccc(Br)c2)sc(N2CCOCC2)c1. The van der Waals surface area contributed by atoms with Crippen LogP contribution in [0.4, 0.5) is 5.00 Å². The molecule has 1 saturated heterocycles. The van der Waals surface area contributed by atoms with Crippen molar-refractivity contribution in [3.63, 3.8) is 0 Å². The first-order chi connectivity index (χ1) is 9.72. The molecule has 20 heavy (non-hydrogen) atoms. The average molecular weight is 352 g/mol. The Kier molecular flexibility index (Phi) is 4.19. The van der Waals surface area contributed by atoms with E-state index in [1.165, 1.54) is 0 Å². The van der Waals surface area contributed by atoms with Gasteiger partial charge in [0.15, 0.2) is 5.43 Å². The quantitative estimate of drug-likeness (QED) is 0.830. The largest absolute Gasteiger partial charge is 0.378 e. The summed E-state index contributed by atoms with van der Waals surface area (Å²) in [6, 6.07) is 11.5. The van der Waals surface area contributed by atoms with Crippen LogP contribution in [-0.2, 0) is 4.74 Å². The van der Waals surface area contributed by atoms with E-state index in [0.717, 1.165) is 46.2 Å². The van der Waals surface area contributed by atoms with E-state index in [1.54, 1.807) is 23.5 Å². The highest BCUT2D eigenvalue weighted by molar-refractivity contribution is 9.10. The molecule has 3 nitrogen and oxygen atoms in total. The summed E-state index contributed by atoms with van der Waals surface area (Å²) in [5, 5.41) is 1.02. The summed E-state index contributed by atoms with van der Waals surface area (Å²) in [6.45, 7) is 3.14. The van der Waals surface area contributed by atoms with Gasteiger partial charge in [-0.2, -0.15) is 0 Å². The van der Waals surface area contributed by atoms with Gasteiger partial charge in [0.2, 0.25) is 0 Å². The first-order valence-electron chi connectivity index (χ1n) is 6.46. The summed E-state index contributed by atoms with van der Waals surface area (Å²) in [7, 11) is 0. The Balaban J connectivity index is 2.00. The van der Waals surface area contributed by atoms with Crippen molar-refractivity contribution in [3.8, 4) is 10.4 Å². The zero-order valence-electron chi connectivity index (χ0n) is 10.8. The standard InChI is InChI=1S/C15H14BrNO2S/c16-12-3-1-2-11(8-12)14-9-13(18)10-15(20-14)17-4-6-19-7-5-17/h1-3,8-10H,4-7H2. The van der Waals surface area contributed by atoms with Crippen LogP contribution in [0.3, 0.4) is 0 Å². The van der Waals surface area contributed by atoms with Crippen LogP contribution in [0.1, 0.15) is 0 Å². The molecule has 0 amide bonds. The van der Waals surface area contributed by atoms with E-state index in [2.05, 4.69) is 20.8 Å². The lowest BCUT2D eigenvalue weighted by Gasteiger charge is -2.28. The molecule has 104 valence electrons. The van der Waals surface area contributed by atoms with Crippen molar-refractivity contribution < 1.29 is 4.74 Å². The van der Waals surface area contributed by atoms with Gasteiger partial charge in [0, 0.05) is 34.6 Å². The summed E-state index contributed by atoms with van der Waals surface area (Å²) < 4.78 is 6.38. The number of benzene rings is 1. The smallest absolute Gasteiger partial charge is 0.182 e. The molecule has 0 atom stereocenters. The van der Waals surface area contributed by atoms with Crippen LogP contribution in [0.5, 0.6) is 0 Å². The number of ether oxygens (including phenoxy) is 1. The maximum atomic E-state index is 11.9. The van der Waals surface area contributed by atoms with E-state index in [4.69, 9.17) is 4.74 Å². The number of nitrogens with zero attached hydrogens (tertiary/aromatic N) is 1. The molecule has 1 aromatic heterocycles. The summed E-state index contributed by atoms with van der Waals surface area (Å²) >= 11 is 5.13. The van der Waals surface area contributed by atoms with Crippen molar-refractivity contribution in [2.24, 2.45) is 0 Å². The molecule has 0 radical (unpaired) electrons. The Labute approximate surface area is 129 Å². The Morgan fingerprint density at radius 2 is 1.95 bits per heavy atom. The minimum Gasteiger partial charge on any atom is -0.378 e. The van der Waals surface area contributed by atoms with Crippen LogP contribution in [0.15, 0.2) is 45.7 Å². The molecule has 1 aromatic carbocycles. The van der Waals surface area contributed by atoms with Gasteiger partial charge >= 0.3 is 0 Å². The molecular formula is C15H14BrNO2S. The van der Waals surface area contributed by atoms with Gasteiger partial charge in [-0.3, -0.25) is 4.79 Å². The van der Waals surface area contributed by atoms with E-state index in [-0.39, 0.29) is 5.43 Å². The summed E-state index contributed by atoms with van der Waals surface area (Å²) in [4.78, 5) is 15.2. The molecule has 0 spiro atoms.